The first kappa shape index (κ1) is 13.0. The van der Waals surface area contributed by atoms with Gasteiger partial charge in [-0.15, -0.1) is 0 Å². The summed E-state index contributed by atoms with van der Waals surface area (Å²) in [6, 6.07) is 5.91. The number of pyridine rings is 1. The van der Waals surface area contributed by atoms with Gasteiger partial charge in [0.05, 0.1) is 11.4 Å². The molecule has 0 unspecified atom stereocenters. The van der Waals surface area contributed by atoms with Gasteiger partial charge in [0, 0.05) is 25.5 Å². The van der Waals surface area contributed by atoms with Gasteiger partial charge >= 0.3 is 0 Å². The molecular formula is C14H18ClN3. The Morgan fingerprint density at radius 1 is 1.33 bits per heavy atom. The van der Waals surface area contributed by atoms with Gasteiger partial charge in [0.2, 0.25) is 0 Å². The predicted molar refractivity (Wildman–Crippen MR) is 76.0 cm³/mol. The molecule has 0 atom stereocenters. The van der Waals surface area contributed by atoms with Crippen LogP contribution < -0.4 is 5.32 Å². The highest BCUT2D eigenvalue weighted by Gasteiger charge is 2.01. The Morgan fingerprint density at radius 2 is 2.17 bits per heavy atom. The molecule has 0 aliphatic heterocycles. The van der Waals surface area contributed by atoms with E-state index in [4.69, 9.17) is 11.6 Å². The molecule has 0 saturated carbocycles. The summed E-state index contributed by atoms with van der Waals surface area (Å²) in [5.74, 6) is 0. The number of aromatic nitrogens is 2. The highest BCUT2D eigenvalue weighted by atomic mass is 35.5. The molecule has 0 spiro atoms. The number of hydrogen-bond donors (Lipinski definition) is 1. The monoisotopic (exact) mass is 263 g/mol. The number of nitrogens with zero attached hydrogens (tertiary/aromatic N) is 2. The van der Waals surface area contributed by atoms with Crippen molar-refractivity contribution in [3.05, 3.63) is 47.0 Å². The van der Waals surface area contributed by atoms with Crippen molar-refractivity contribution in [2.24, 2.45) is 0 Å². The van der Waals surface area contributed by atoms with Gasteiger partial charge in [-0.25, -0.2) is 4.98 Å². The fourth-order valence-corrected chi connectivity index (χ4v) is 2.10. The van der Waals surface area contributed by atoms with Gasteiger partial charge in [-0.05, 0) is 37.1 Å². The third-order valence-electron chi connectivity index (χ3n) is 2.83. The maximum absolute atomic E-state index is 5.83. The average molecular weight is 264 g/mol. The van der Waals surface area contributed by atoms with Crippen LogP contribution >= 0.6 is 11.6 Å². The Balaban J connectivity index is 1.97. The SMILES string of the molecule is CCCn1ccc(CNc2ccc(Cl)nc2C)c1. The molecule has 0 fully saturated rings. The lowest BCUT2D eigenvalue weighted by molar-refractivity contribution is 0.681. The zero-order valence-electron chi connectivity index (χ0n) is 10.8. The van der Waals surface area contributed by atoms with Crippen molar-refractivity contribution in [2.75, 3.05) is 5.32 Å². The fraction of sp³-hybridized carbons (Fsp3) is 0.357. The molecule has 2 heterocycles. The van der Waals surface area contributed by atoms with Crippen LogP contribution in [-0.2, 0) is 13.1 Å². The molecule has 2 aromatic rings. The van der Waals surface area contributed by atoms with E-state index in [1.807, 2.05) is 13.0 Å². The summed E-state index contributed by atoms with van der Waals surface area (Å²) in [6.45, 7) is 6.01. The number of aryl methyl sites for hydroxylation is 2. The van der Waals surface area contributed by atoms with Gasteiger partial charge < -0.3 is 9.88 Å². The Kier molecular flexibility index (Phi) is 4.26. The minimum absolute atomic E-state index is 0.534. The van der Waals surface area contributed by atoms with E-state index in [1.165, 1.54) is 5.56 Å². The molecule has 3 nitrogen and oxygen atoms in total. The maximum atomic E-state index is 5.83. The summed E-state index contributed by atoms with van der Waals surface area (Å²) in [5, 5.41) is 3.91. The smallest absolute Gasteiger partial charge is 0.129 e. The van der Waals surface area contributed by atoms with Crippen LogP contribution in [0, 0.1) is 6.92 Å². The van der Waals surface area contributed by atoms with Crippen molar-refractivity contribution >= 4 is 17.3 Å². The van der Waals surface area contributed by atoms with Crippen molar-refractivity contribution in [1.82, 2.24) is 9.55 Å². The van der Waals surface area contributed by atoms with Crippen molar-refractivity contribution in [2.45, 2.75) is 33.4 Å². The highest BCUT2D eigenvalue weighted by Crippen LogP contribution is 2.16. The number of rotatable bonds is 5. The van der Waals surface area contributed by atoms with E-state index in [0.717, 1.165) is 30.9 Å². The van der Waals surface area contributed by atoms with Crippen LogP contribution in [0.25, 0.3) is 0 Å². The molecule has 0 aliphatic rings. The fourth-order valence-electron chi connectivity index (χ4n) is 1.91. The first-order chi connectivity index (χ1) is 8.69. The van der Waals surface area contributed by atoms with E-state index in [2.05, 4.69) is 40.3 Å². The normalized spacial score (nSPS) is 10.6. The Labute approximate surface area is 113 Å². The summed E-state index contributed by atoms with van der Waals surface area (Å²) in [5.41, 5.74) is 3.23. The zero-order chi connectivity index (χ0) is 13.0. The van der Waals surface area contributed by atoms with Gasteiger partial charge in [0.1, 0.15) is 5.15 Å². The Morgan fingerprint density at radius 3 is 2.89 bits per heavy atom. The third kappa shape index (κ3) is 3.26. The summed E-state index contributed by atoms with van der Waals surface area (Å²) in [4.78, 5) is 4.22. The Bertz CT molecular complexity index is 520. The van der Waals surface area contributed by atoms with Crippen LogP contribution in [0.2, 0.25) is 5.15 Å². The lowest BCUT2D eigenvalue weighted by atomic mass is 10.3. The van der Waals surface area contributed by atoms with Crippen molar-refractivity contribution in [1.29, 1.82) is 0 Å². The molecular weight excluding hydrogens is 246 g/mol. The minimum Gasteiger partial charge on any atom is -0.379 e. The highest BCUT2D eigenvalue weighted by molar-refractivity contribution is 6.29. The summed E-state index contributed by atoms with van der Waals surface area (Å²) < 4.78 is 2.21. The second-order valence-electron chi connectivity index (χ2n) is 4.38. The molecule has 0 bridgehead atoms. The third-order valence-corrected chi connectivity index (χ3v) is 3.04. The van der Waals surface area contributed by atoms with E-state index in [0.29, 0.717) is 5.15 Å². The predicted octanol–water partition coefficient (Wildman–Crippen LogP) is 3.87. The van der Waals surface area contributed by atoms with Crippen molar-refractivity contribution in [3.63, 3.8) is 0 Å². The van der Waals surface area contributed by atoms with Gasteiger partial charge in [-0.1, -0.05) is 18.5 Å². The molecule has 18 heavy (non-hydrogen) atoms. The van der Waals surface area contributed by atoms with E-state index < -0.39 is 0 Å². The molecule has 4 heteroatoms. The average Bonchev–Trinajstić information content (AvgIpc) is 2.76. The van der Waals surface area contributed by atoms with E-state index in [1.54, 1.807) is 6.07 Å². The summed E-state index contributed by atoms with van der Waals surface area (Å²) in [6.07, 6.45) is 5.45. The van der Waals surface area contributed by atoms with Gasteiger partial charge in [-0.2, -0.15) is 0 Å². The maximum Gasteiger partial charge on any atom is 0.129 e. The van der Waals surface area contributed by atoms with Crippen molar-refractivity contribution < 1.29 is 0 Å². The lowest BCUT2D eigenvalue weighted by Gasteiger charge is -2.08. The molecule has 1 N–H and O–H groups in total. The topological polar surface area (TPSA) is 29.9 Å². The second-order valence-corrected chi connectivity index (χ2v) is 4.77. The van der Waals surface area contributed by atoms with Crippen LogP contribution in [0.3, 0.4) is 0 Å². The summed E-state index contributed by atoms with van der Waals surface area (Å²) in [7, 11) is 0. The van der Waals surface area contributed by atoms with Crippen LogP contribution in [-0.4, -0.2) is 9.55 Å². The second kappa shape index (κ2) is 5.91. The quantitative estimate of drug-likeness (QED) is 0.830. The van der Waals surface area contributed by atoms with E-state index >= 15 is 0 Å². The molecule has 2 rings (SSSR count). The molecule has 2 aromatic heterocycles. The first-order valence-corrected chi connectivity index (χ1v) is 6.58. The van der Waals surface area contributed by atoms with Gasteiger partial charge in [-0.3, -0.25) is 0 Å². The molecule has 0 radical (unpaired) electrons. The van der Waals surface area contributed by atoms with Crippen molar-refractivity contribution in [3.8, 4) is 0 Å². The summed E-state index contributed by atoms with van der Waals surface area (Å²) >= 11 is 5.83. The van der Waals surface area contributed by atoms with Crippen LogP contribution in [0.4, 0.5) is 5.69 Å². The molecule has 0 saturated heterocycles. The number of nitrogens with one attached hydrogen (secondary N) is 1. The van der Waals surface area contributed by atoms with Gasteiger partial charge in [0.25, 0.3) is 0 Å². The molecule has 96 valence electrons. The first-order valence-electron chi connectivity index (χ1n) is 6.20. The largest absolute Gasteiger partial charge is 0.379 e. The molecule has 0 amide bonds. The van der Waals surface area contributed by atoms with Crippen LogP contribution in [0.1, 0.15) is 24.6 Å². The Hall–Kier alpha value is -1.48. The van der Waals surface area contributed by atoms with Crippen LogP contribution in [0.5, 0.6) is 0 Å². The number of hydrogen-bond acceptors (Lipinski definition) is 2. The number of halogens is 1. The zero-order valence-corrected chi connectivity index (χ0v) is 11.5. The molecule has 0 aromatic carbocycles. The van der Waals surface area contributed by atoms with Gasteiger partial charge in [0.15, 0.2) is 0 Å². The minimum atomic E-state index is 0.534. The van der Waals surface area contributed by atoms with E-state index in [9.17, 15) is 0 Å². The molecule has 0 aliphatic carbocycles. The van der Waals surface area contributed by atoms with Crippen LogP contribution in [0.15, 0.2) is 30.6 Å². The lowest BCUT2D eigenvalue weighted by Crippen LogP contribution is -2.01. The number of anilines is 1. The van der Waals surface area contributed by atoms with E-state index in [-0.39, 0.29) is 0 Å². The standard InChI is InChI=1S/C14H18ClN3/c1-3-7-18-8-6-12(10-18)9-16-13-4-5-14(15)17-11(13)2/h4-6,8,10,16H,3,7,9H2,1-2H3.